The van der Waals surface area contributed by atoms with E-state index in [9.17, 15) is 5.11 Å². The summed E-state index contributed by atoms with van der Waals surface area (Å²) in [6, 6.07) is 0. The summed E-state index contributed by atoms with van der Waals surface area (Å²) in [5, 5.41) is 10.2. The van der Waals surface area contributed by atoms with E-state index < -0.39 is 0 Å². The predicted octanol–water partition coefficient (Wildman–Crippen LogP) is 1.91. The molecule has 0 aromatic carbocycles. The third-order valence-corrected chi connectivity index (χ3v) is 3.10. The van der Waals surface area contributed by atoms with Gasteiger partial charge >= 0.3 is 0 Å². The van der Waals surface area contributed by atoms with E-state index in [0.29, 0.717) is 10.5 Å². The average Bonchev–Trinajstić information content (AvgIpc) is 1.83. The number of hydrogen-bond donors (Lipinski definition) is 3. The number of thiol groups is 2. The molecule has 1 aliphatic carbocycles. The third-order valence-electron chi connectivity index (χ3n) is 2.16. The molecule has 2 atom stereocenters. The van der Waals surface area contributed by atoms with Crippen molar-refractivity contribution in [2.24, 2.45) is 0 Å². The van der Waals surface area contributed by atoms with E-state index in [4.69, 9.17) is 0 Å². The van der Waals surface area contributed by atoms with Gasteiger partial charge in [-0.15, -0.1) is 0 Å². The Kier molecular flexibility index (Phi) is 4.10. The fourth-order valence-electron chi connectivity index (χ4n) is 1.55. The number of rotatable bonds is 0. The Labute approximate surface area is 79.4 Å². The van der Waals surface area contributed by atoms with Gasteiger partial charge in [-0.3, -0.25) is 0 Å². The van der Waals surface area contributed by atoms with E-state index in [0.717, 1.165) is 25.7 Å². The van der Waals surface area contributed by atoms with Crippen LogP contribution in [-0.4, -0.2) is 21.7 Å². The van der Waals surface area contributed by atoms with E-state index in [1.54, 1.807) is 0 Å². The first-order valence-electron chi connectivity index (χ1n) is 4.22. The molecule has 0 saturated heterocycles. The molecule has 1 fully saturated rings. The van der Waals surface area contributed by atoms with Crippen molar-refractivity contribution >= 4 is 25.3 Å². The van der Waals surface area contributed by atoms with Crippen molar-refractivity contribution in [3.63, 3.8) is 0 Å². The quantitative estimate of drug-likeness (QED) is 0.501. The van der Waals surface area contributed by atoms with Crippen LogP contribution in [0.15, 0.2) is 0 Å². The molecule has 0 heterocycles. The Morgan fingerprint density at radius 3 is 1.91 bits per heavy atom. The molecule has 0 aromatic heterocycles. The summed E-state index contributed by atoms with van der Waals surface area (Å²) in [6.07, 6.45) is 4.93. The molecule has 0 spiro atoms. The summed E-state index contributed by atoms with van der Waals surface area (Å²) in [5.41, 5.74) is 0. The summed E-state index contributed by atoms with van der Waals surface area (Å²) in [4.78, 5) is 0. The Balaban J connectivity index is 2.34. The first-order valence-corrected chi connectivity index (χ1v) is 5.26. The van der Waals surface area contributed by atoms with Gasteiger partial charge in [-0.1, -0.05) is 6.42 Å². The zero-order valence-electron chi connectivity index (χ0n) is 6.61. The van der Waals surface area contributed by atoms with Crippen LogP contribution in [0.4, 0.5) is 0 Å². The van der Waals surface area contributed by atoms with Crippen LogP contribution in [0.2, 0.25) is 0 Å². The molecule has 2 unspecified atom stereocenters. The molecule has 0 radical (unpaired) electrons. The SMILES string of the molecule is OC1CC(S)CCCC(S)C1. The molecular formula is C8H16OS2. The van der Waals surface area contributed by atoms with Crippen molar-refractivity contribution in [2.75, 3.05) is 0 Å². The second-order valence-corrected chi connectivity index (χ2v) is 4.82. The molecule has 66 valence electrons. The maximum absolute atomic E-state index is 9.46. The average molecular weight is 192 g/mol. The van der Waals surface area contributed by atoms with Crippen LogP contribution < -0.4 is 0 Å². The lowest BCUT2D eigenvalue weighted by Gasteiger charge is -2.22. The zero-order valence-corrected chi connectivity index (χ0v) is 8.40. The minimum atomic E-state index is -0.180. The van der Waals surface area contributed by atoms with Gasteiger partial charge in [0.2, 0.25) is 0 Å². The van der Waals surface area contributed by atoms with Crippen LogP contribution in [0.3, 0.4) is 0 Å². The Morgan fingerprint density at radius 2 is 1.45 bits per heavy atom. The maximum Gasteiger partial charge on any atom is 0.0561 e. The largest absolute Gasteiger partial charge is 0.393 e. The molecule has 1 aliphatic rings. The van der Waals surface area contributed by atoms with Crippen molar-refractivity contribution in [1.82, 2.24) is 0 Å². The van der Waals surface area contributed by atoms with Gasteiger partial charge in [0.1, 0.15) is 0 Å². The maximum atomic E-state index is 9.46. The van der Waals surface area contributed by atoms with Crippen LogP contribution in [0.25, 0.3) is 0 Å². The Hall–Kier alpha value is 0.660. The Morgan fingerprint density at radius 1 is 1.00 bits per heavy atom. The minimum Gasteiger partial charge on any atom is -0.393 e. The highest BCUT2D eigenvalue weighted by atomic mass is 32.1. The van der Waals surface area contributed by atoms with Crippen LogP contribution in [0, 0.1) is 0 Å². The predicted molar refractivity (Wildman–Crippen MR) is 54.6 cm³/mol. The van der Waals surface area contributed by atoms with Crippen LogP contribution >= 0.6 is 25.3 Å². The number of aliphatic hydroxyl groups excluding tert-OH is 1. The molecule has 0 amide bonds. The van der Waals surface area contributed by atoms with E-state index in [1.807, 2.05) is 0 Å². The summed E-state index contributed by atoms with van der Waals surface area (Å²) in [6.45, 7) is 0. The van der Waals surface area contributed by atoms with Gasteiger partial charge in [0.05, 0.1) is 6.10 Å². The van der Waals surface area contributed by atoms with Gasteiger partial charge in [-0.25, -0.2) is 0 Å². The van der Waals surface area contributed by atoms with Crippen molar-refractivity contribution in [3.8, 4) is 0 Å². The van der Waals surface area contributed by atoms with E-state index in [1.165, 1.54) is 6.42 Å². The summed E-state index contributed by atoms with van der Waals surface area (Å²) < 4.78 is 0. The van der Waals surface area contributed by atoms with Crippen molar-refractivity contribution in [2.45, 2.75) is 48.7 Å². The van der Waals surface area contributed by atoms with E-state index in [2.05, 4.69) is 25.3 Å². The molecule has 3 heteroatoms. The molecule has 1 rings (SSSR count). The monoisotopic (exact) mass is 192 g/mol. The van der Waals surface area contributed by atoms with E-state index in [-0.39, 0.29) is 6.10 Å². The first-order chi connectivity index (χ1) is 5.18. The fraction of sp³-hybridized carbons (Fsp3) is 1.00. The summed E-state index contributed by atoms with van der Waals surface area (Å²) >= 11 is 8.76. The lowest BCUT2D eigenvalue weighted by atomic mass is 9.98. The van der Waals surface area contributed by atoms with Crippen LogP contribution in [-0.2, 0) is 0 Å². The molecule has 1 saturated carbocycles. The molecule has 11 heavy (non-hydrogen) atoms. The second kappa shape index (κ2) is 4.63. The summed E-state index contributed by atoms with van der Waals surface area (Å²) in [5.74, 6) is 0. The lowest BCUT2D eigenvalue weighted by Crippen LogP contribution is -2.21. The van der Waals surface area contributed by atoms with Gasteiger partial charge in [0.15, 0.2) is 0 Å². The number of aliphatic hydroxyl groups is 1. The van der Waals surface area contributed by atoms with Gasteiger partial charge in [0, 0.05) is 10.5 Å². The molecule has 1 N–H and O–H groups in total. The number of hydrogen-bond acceptors (Lipinski definition) is 3. The molecule has 0 aliphatic heterocycles. The lowest BCUT2D eigenvalue weighted by molar-refractivity contribution is 0.146. The molecule has 0 aromatic rings. The highest BCUT2D eigenvalue weighted by Crippen LogP contribution is 2.23. The van der Waals surface area contributed by atoms with Crippen LogP contribution in [0.1, 0.15) is 32.1 Å². The van der Waals surface area contributed by atoms with Gasteiger partial charge < -0.3 is 5.11 Å². The molecular weight excluding hydrogens is 176 g/mol. The molecule has 0 bridgehead atoms. The first kappa shape index (κ1) is 9.75. The van der Waals surface area contributed by atoms with Gasteiger partial charge in [-0.2, -0.15) is 25.3 Å². The highest BCUT2D eigenvalue weighted by Gasteiger charge is 2.18. The van der Waals surface area contributed by atoms with Crippen LogP contribution in [0.5, 0.6) is 0 Å². The smallest absolute Gasteiger partial charge is 0.0561 e. The standard InChI is InChI=1S/C8H16OS2/c9-6-4-7(10)2-1-3-8(11)5-6/h6-11H,1-5H2. The highest BCUT2D eigenvalue weighted by molar-refractivity contribution is 7.81. The normalized spacial score (nSPS) is 41.2. The van der Waals surface area contributed by atoms with E-state index >= 15 is 0 Å². The molecule has 1 nitrogen and oxygen atoms in total. The van der Waals surface area contributed by atoms with Gasteiger partial charge in [0.25, 0.3) is 0 Å². The zero-order chi connectivity index (χ0) is 8.27. The van der Waals surface area contributed by atoms with Crippen molar-refractivity contribution < 1.29 is 5.11 Å². The van der Waals surface area contributed by atoms with Crippen molar-refractivity contribution in [1.29, 1.82) is 0 Å². The topological polar surface area (TPSA) is 20.2 Å². The Bertz CT molecular complexity index is 107. The second-order valence-electron chi connectivity index (χ2n) is 3.36. The minimum absolute atomic E-state index is 0.180. The third kappa shape index (κ3) is 3.72. The fourth-order valence-corrected chi connectivity index (χ4v) is 2.40. The van der Waals surface area contributed by atoms with Crippen molar-refractivity contribution in [3.05, 3.63) is 0 Å². The van der Waals surface area contributed by atoms with Gasteiger partial charge in [-0.05, 0) is 25.7 Å². The summed E-state index contributed by atoms with van der Waals surface area (Å²) in [7, 11) is 0.